The van der Waals surface area contributed by atoms with Gasteiger partial charge in [0.25, 0.3) is 5.92 Å². The van der Waals surface area contributed by atoms with Crippen molar-refractivity contribution in [2.45, 2.75) is 30.8 Å². The van der Waals surface area contributed by atoms with Gasteiger partial charge in [0.05, 0.1) is 5.41 Å². The molecule has 2 saturated carbocycles. The van der Waals surface area contributed by atoms with E-state index in [9.17, 15) is 13.2 Å². The fraction of sp³-hybridized carbons (Fsp3) is 1.00. The third-order valence-corrected chi connectivity index (χ3v) is 3.25. The first kappa shape index (κ1) is 8.38. The Morgan fingerprint density at radius 2 is 1.58 bits per heavy atom. The Kier molecular flexibility index (Phi) is 1.27. The van der Waals surface area contributed by atoms with E-state index >= 15 is 0 Å². The molecule has 0 aromatic carbocycles. The molecule has 2 aliphatic carbocycles. The van der Waals surface area contributed by atoms with Crippen LogP contribution < -0.4 is 0 Å². The van der Waals surface area contributed by atoms with Crippen molar-refractivity contribution in [3.63, 3.8) is 0 Å². The van der Waals surface area contributed by atoms with Gasteiger partial charge >= 0.3 is 7.12 Å². The van der Waals surface area contributed by atoms with Gasteiger partial charge in [-0.25, -0.2) is 13.2 Å². The summed E-state index contributed by atoms with van der Waals surface area (Å²) in [6.07, 6.45) is 0.635. The zero-order valence-electron chi connectivity index (χ0n) is 6.23. The summed E-state index contributed by atoms with van der Waals surface area (Å²) >= 11 is 0. The molecule has 2 aliphatic rings. The lowest BCUT2D eigenvalue weighted by Crippen LogP contribution is -2.38. The van der Waals surface area contributed by atoms with Crippen LogP contribution in [0.15, 0.2) is 0 Å². The summed E-state index contributed by atoms with van der Waals surface area (Å²) < 4.78 is 38.9. The molecule has 1 spiro atoms. The van der Waals surface area contributed by atoms with E-state index in [1.54, 1.807) is 0 Å². The monoisotopic (exact) mass is 180 g/mol. The standard InChI is InChI=1S/C6H8BF3O2/c8-5(7(11)12)4(2-1-3-4)6(5,9)10/h11-12H,1-3H2. The van der Waals surface area contributed by atoms with Crippen LogP contribution in [0.5, 0.6) is 0 Å². The lowest BCUT2D eigenvalue weighted by Gasteiger charge is -2.26. The molecule has 0 heterocycles. The summed E-state index contributed by atoms with van der Waals surface area (Å²) in [6.45, 7) is 0. The van der Waals surface area contributed by atoms with Crippen molar-refractivity contribution in [3.05, 3.63) is 0 Å². The Morgan fingerprint density at radius 1 is 1.08 bits per heavy atom. The molecule has 0 amide bonds. The van der Waals surface area contributed by atoms with E-state index in [1.165, 1.54) is 0 Å². The van der Waals surface area contributed by atoms with Gasteiger partial charge in [-0.3, -0.25) is 0 Å². The summed E-state index contributed by atoms with van der Waals surface area (Å²) in [7, 11) is -2.56. The van der Waals surface area contributed by atoms with Crippen molar-refractivity contribution in [1.29, 1.82) is 0 Å². The summed E-state index contributed by atoms with van der Waals surface area (Å²) in [6, 6.07) is 0. The fourth-order valence-electron chi connectivity index (χ4n) is 2.21. The number of hydrogen-bond acceptors (Lipinski definition) is 2. The van der Waals surface area contributed by atoms with Gasteiger partial charge in [-0.15, -0.1) is 0 Å². The van der Waals surface area contributed by atoms with Crippen molar-refractivity contribution >= 4 is 7.12 Å². The normalized spacial score (nSPS) is 40.8. The van der Waals surface area contributed by atoms with Gasteiger partial charge in [-0.1, -0.05) is 6.42 Å². The molecule has 12 heavy (non-hydrogen) atoms. The largest absolute Gasteiger partial charge is 0.498 e. The zero-order valence-corrected chi connectivity index (χ0v) is 6.23. The third-order valence-electron chi connectivity index (χ3n) is 3.25. The smallest absolute Gasteiger partial charge is 0.425 e. The van der Waals surface area contributed by atoms with Gasteiger partial charge < -0.3 is 10.0 Å². The van der Waals surface area contributed by atoms with E-state index in [1.807, 2.05) is 0 Å². The maximum atomic E-state index is 13.3. The molecule has 1 atom stereocenters. The molecule has 0 radical (unpaired) electrons. The van der Waals surface area contributed by atoms with Crippen molar-refractivity contribution in [1.82, 2.24) is 0 Å². The van der Waals surface area contributed by atoms with Crippen LogP contribution in [0.1, 0.15) is 19.3 Å². The second kappa shape index (κ2) is 1.82. The van der Waals surface area contributed by atoms with E-state index < -0.39 is 24.0 Å². The minimum absolute atomic E-state index is 0.0497. The molecule has 2 nitrogen and oxygen atoms in total. The lowest BCUT2D eigenvalue weighted by molar-refractivity contribution is 0.0225. The minimum Gasteiger partial charge on any atom is -0.425 e. The van der Waals surface area contributed by atoms with Crippen molar-refractivity contribution < 1.29 is 23.2 Å². The molecule has 2 rings (SSSR count). The van der Waals surface area contributed by atoms with Crippen LogP contribution in [0.4, 0.5) is 13.2 Å². The predicted molar refractivity (Wildman–Crippen MR) is 35.3 cm³/mol. The van der Waals surface area contributed by atoms with Crippen LogP contribution in [0.3, 0.4) is 0 Å². The molecule has 0 aromatic heterocycles. The second-order valence-corrected chi connectivity index (χ2v) is 3.60. The Morgan fingerprint density at radius 3 is 1.67 bits per heavy atom. The quantitative estimate of drug-likeness (QED) is 0.577. The summed E-state index contributed by atoms with van der Waals surface area (Å²) in [5.41, 5.74) is -4.84. The van der Waals surface area contributed by atoms with E-state index in [2.05, 4.69) is 0 Å². The van der Waals surface area contributed by atoms with Gasteiger partial charge in [0, 0.05) is 0 Å². The number of hydrogen-bond donors (Lipinski definition) is 2. The van der Waals surface area contributed by atoms with Gasteiger partial charge in [-0.2, -0.15) is 0 Å². The highest BCUT2D eigenvalue weighted by atomic mass is 19.3. The Balaban J connectivity index is 2.31. The molecule has 68 valence electrons. The molecule has 0 aliphatic heterocycles. The molecular formula is C6H8BF3O2. The third kappa shape index (κ3) is 0.501. The van der Waals surface area contributed by atoms with Crippen LogP contribution in [-0.4, -0.2) is 28.7 Å². The van der Waals surface area contributed by atoms with Gasteiger partial charge in [0.15, 0.2) is 0 Å². The Labute approximate surface area is 67.5 Å². The maximum Gasteiger partial charge on any atom is 0.498 e. The molecule has 0 bridgehead atoms. The summed E-state index contributed by atoms with van der Waals surface area (Å²) in [5, 5.41) is 17.0. The zero-order chi connectivity index (χ0) is 9.20. The molecule has 0 aromatic rings. The van der Waals surface area contributed by atoms with Gasteiger partial charge in [-0.05, 0) is 12.8 Å². The second-order valence-electron chi connectivity index (χ2n) is 3.60. The summed E-state index contributed by atoms with van der Waals surface area (Å²) in [4.78, 5) is 0. The van der Waals surface area contributed by atoms with E-state index in [0.717, 1.165) is 0 Å². The first-order valence-corrected chi connectivity index (χ1v) is 3.83. The summed E-state index contributed by atoms with van der Waals surface area (Å²) in [5.74, 6) is -3.55. The number of rotatable bonds is 1. The van der Waals surface area contributed by atoms with Crippen LogP contribution >= 0.6 is 0 Å². The topological polar surface area (TPSA) is 40.5 Å². The van der Waals surface area contributed by atoms with E-state index in [-0.39, 0.29) is 12.8 Å². The highest BCUT2D eigenvalue weighted by Gasteiger charge is 2.98. The van der Waals surface area contributed by atoms with Crippen molar-refractivity contribution in [2.24, 2.45) is 5.41 Å². The maximum absolute atomic E-state index is 13.3. The van der Waals surface area contributed by atoms with Crippen LogP contribution in [0.25, 0.3) is 0 Å². The SMILES string of the molecule is OB(O)C1(F)C(F)(F)C12CCC2. The fourth-order valence-corrected chi connectivity index (χ4v) is 2.21. The average molecular weight is 180 g/mol. The Hall–Kier alpha value is -0.225. The van der Waals surface area contributed by atoms with E-state index in [0.29, 0.717) is 6.42 Å². The van der Waals surface area contributed by atoms with Crippen LogP contribution in [-0.2, 0) is 0 Å². The molecule has 2 N–H and O–H groups in total. The molecule has 6 heteroatoms. The Bertz CT molecular complexity index is 229. The minimum atomic E-state index is -3.55. The van der Waals surface area contributed by atoms with Gasteiger partial charge in [0.1, 0.15) is 0 Å². The molecular weight excluding hydrogens is 172 g/mol. The molecule has 2 fully saturated rings. The average Bonchev–Trinajstić information content (AvgIpc) is 2.22. The highest BCUT2D eigenvalue weighted by molar-refractivity contribution is 6.48. The predicted octanol–water partition coefficient (Wildman–Crippen LogP) is 0.526. The first-order valence-electron chi connectivity index (χ1n) is 3.83. The molecule has 1 unspecified atom stereocenters. The van der Waals surface area contributed by atoms with Crippen molar-refractivity contribution in [2.75, 3.05) is 0 Å². The lowest BCUT2D eigenvalue weighted by atomic mass is 9.67. The van der Waals surface area contributed by atoms with Crippen molar-refractivity contribution in [3.8, 4) is 0 Å². The first-order chi connectivity index (χ1) is 5.40. The molecule has 0 saturated heterocycles. The highest BCUT2D eigenvalue weighted by Crippen LogP contribution is 2.79. The van der Waals surface area contributed by atoms with Gasteiger partial charge in [0.2, 0.25) is 5.57 Å². The number of halogens is 3. The number of alkyl halides is 3. The van der Waals surface area contributed by atoms with Crippen LogP contribution in [0.2, 0.25) is 0 Å². The van der Waals surface area contributed by atoms with E-state index in [4.69, 9.17) is 10.0 Å². The van der Waals surface area contributed by atoms with Crippen LogP contribution in [0, 0.1) is 5.41 Å².